The molecule has 9 heteroatoms. The van der Waals surface area contributed by atoms with E-state index in [1.807, 2.05) is 31.2 Å². The molecule has 0 aliphatic heterocycles. The molecule has 1 amide bonds. The van der Waals surface area contributed by atoms with Gasteiger partial charge in [-0.15, -0.1) is 0 Å². The lowest BCUT2D eigenvalue weighted by Gasteiger charge is -2.22. The zero-order chi connectivity index (χ0) is 20.2. The van der Waals surface area contributed by atoms with E-state index in [-0.39, 0.29) is 0 Å². The minimum atomic E-state index is -3.68. The van der Waals surface area contributed by atoms with Gasteiger partial charge >= 0.3 is 0 Å². The third-order valence-corrected chi connectivity index (χ3v) is 5.82. The maximum absolute atomic E-state index is 12.3. The standard InChI is InChI=1S/C18H19BrClN3O3S/c1-12-4-9-16(10-17(12)20)23(27(3,25)26)11-18(24)22-21-13(2)14-5-7-15(19)8-6-14/h4-10H,11H2,1-3H3,(H,22,24)/b21-13-. The second-order valence-electron chi connectivity index (χ2n) is 5.94. The number of anilines is 1. The molecule has 1 N–H and O–H groups in total. The molecule has 0 unspecified atom stereocenters. The summed E-state index contributed by atoms with van der Waals surface area (Å²) in [6.45, 7) is 3.15. The van der Waals surface area contributed by atoms with Crippen molar-refractivity contribution in [2.75, 3.05) is 17.1 Å². The van der Waals surface area contributed by atoms with E-state index < -0.39 is 22.5 Å². The number of nitrogens with zero attached hydrogens (tertiary/aromatic N) is 2. The molecule has 27 heavy (non-hydrogen) atoms. The molecule has 6 nitrogen and oxygen atoms in total. The Morgan fingerprint density at radius 1 is 1.22 bits per heavy atom. The van der Waals surface area contributed by atoms with Crippen LogP contribution in [0, 0.1) is 6.92 Å². The van der Waals surface area contributed by atoms with Gasteiger partial charge in [-0.05, 0) is 49.2 Å². The number of benzene rings is 2. The highest BCUT2D eigenvalue weighted by Gasteiger charge is 2.21. The quantitative estimate of drug-likeness (QED) is 0.514. The minimum absolute atomic E-state index is 0.317. The van der Waals surface area contributed by atoms with Crippen LogP contribution in [0.4, 0.5) is 5.69 Å². The summed E-state index contributed by atoms with van der Waals surface area (Å²) >= 11 is 9.43. The number of halogens is 2. The molecule has 0 radical (unpaired) electrons. The van der Waals surface area contributed by atoms with Gasteiger partial charge in [0.15, 0.2) is 0 Å². The molecule has 0 aliphatic carbocycles. The lowest BCUT2D eigenvalue weighted by molar-refractivity contribution is -0.119. The SMILES string of the molecule is C/C(=N/NC(=O)CN(c1ccc(C)c(Cl)c1)S(C)(=O)=O)c1ccc(Br)cc1. The van der Waals surface area contributed by atoms with Crippen LogP contribution in [-0.2, 0) is 14.8 Å². The van der Waals surface area contributed by atoms with Crippen LogP contribution in [-0.4, -0.2) is 32.8 Å². The number of amides is 1. The van der Waals surface area contributed by atoms with E-state index in [9.17, 15) is 13.2 Å². The molecule has 0 saturated heterocycles. The van der Waals surface area contributed by atoms with E-state index in [0.29, 0.717) is 16.4 Å². The van der Waals surface area contributed by atoms with Gasteiger partial charge < -0.3 is 0 Å². The van der Waals surface area contributed by atoms with E-state index in [1.54, 1.807) is 19.1 Å². The van der Waals surface area contributed by atoms with Crippen LogP contribution in [0.25, 0.3) is 0 Å². The predicted molar refractivity (Wildman–Crippen MR) is 113 cm³/mol. The van der Waals surface area contributed by atoms with Crippen molar-refractivity contribution in [2.45, 2.75) is 13.8 Å². The Balaban J connectivity index is 2.15. The number of carbonyl (C=O) groups is 1. The molecule has 0 bridgehead atoms. The van der Waals surface area contributed by atoms with E-state index in [0.717, 1.165) is 26.2 Å². The van der Waals surface area contributed by atoms with Crippen molar-refractivity contribution >= 4 is 54.9 Å². The summed E-state index contributed by atoms with van der Waals surface area (Å²) in [5, 5.41) is 4.46. The molecule has 0 heterocycles. The maximum Gasteiger partial charge on any atom is 0.260 e. The summed E-state index contributed by atoms with van der Waals surface area (Å²) in [5.74, 6) is -0.561. The van der Waals surface area contributed by atoms with E-state index in [4.69, 9.17) is 11.6 Å². The number of nitrogens with one attached hydrogen (secondary N) is 1. The van der Waals surface area contributed by atoms with Crippen molar-refractivity contribution < 1.29 is 13.2 Å². The lowest BCUT2D eigenvalue weighted by atomic mass is 10.1. The van der Waals surface area contributed by atoms with Crippen molar-refractivity contribution in [3.8, 4) is 0 Å². The van der Waals surface area contributed by atoms with Gasteiger partial charge in [0.25, 0.3) is 5.91 Å². The van der Waals surface area contributed by atoms with Crippen LogP contribution in [0.1, 0.15) is 18.1 Å². The lowest BCUT2D eigenvalue weighted by Crippen LogP contribution is -2.39. The van der Waals surface area contributed by atoms with Crippen molar-refractivity contribution in [3.63, 3.8) is 0 Å². The highest BCUT2D eigenvalue weighted by molar-refractivity contribution is 9.10. The molecule has 0 spiro atoms. The maximum atomic E-state index is 12.3. The summed E-state index contributed by atoms with van der Waals surface area (Å²) in [6.07, 6.45) is 1.03. The summed E-state index contributed by atoms with van der Waals surface area (Å²) in [7, 11) is -3.68. The molecule has 144 valence electrons. The zero-order valence-corrected chi connectivity index (χ0v) is 18.2. The Labute approximate surface area is 172 Å². The number of hydrazone groups is 1. The third-order valence-electron chi connectivity index (χ3n) is 3.74. The first kappa shape index (κ1) is 21.4. The van der Waals surface area contributed by atoms with Crippen molar-refractivity contribution in [1.82, 2.24) is 5.43 Å². The molecule has 0 aliphatic rings. The van der Waals surface area contributed by atoms with Crippen LogP contribution >= 0.6 is 27.5 Å². The average Bonchev–Trinajstić information content (AvgIpc) is 2.59. The Kier molecular flexibility index (Phi) is 7.02. The average molecular weight is 473 g/mol. The topological polar surface area (TPSA) is 78.8 Å². The van der Waals surface area contributed by atoms with E-state index >= 15 is 0 Å². The predicted octanol–water partition coefficient (Wildman–Crippen LogP) is 3.72. The second kappa shape index (κ2) is 8.86. The van der Waals surface area contributed by atoms with Gasteiger partial charge in [0.05, 0.1) is 17.7 Å². The Bertz CT molecular complexity index is 976. The Morgan fingerprint density at radius 3 is 2.41 bits per heavy atom. The molecular formula is C18H19BrClN3O3S. The molecule has 0 saturated carbocycles. The number of aryl methyl sites for hydroxylation is 1. The first-order valence-electron chi connectivity index (χ1n) is 7.91. The van der Waals surface area contributed by atoms with Gasteiger partial charge in [0.1, 0.15) is 6.54 Å². The van der Waals surface area contributed by atoms with Crippen LogP contribution in [0.5, 0.6) is 0 Å². The van der Waals surface area contributed by atoms with Gasteiger partial charge in [0.2, 0.25) is 10.0 Å². The summed E-state index contributed by atoms with van der Waals surface area (Å²) < 4.78 is 26.2. The summed E-state index contributed by atoms with van der Waals surface area (Å²) in [6, 6.07) is 12.3. The highest BCUT2D eigenvalue weighted by Crippen LogP contribution is 2.24. The number of sulfonamides is 1. The normalized spacial score (nSPS) is 12.0. The molecule has 2 aromatic carbocycles. The number of hydrogen-bond donors (Lipinski definition) is 1. The van der Waals surface area contributed by atoms with Gasteiger partial charge in [-0.1, -0.05) is 45.7 Å². The molecular weight excluding hydrogens is 454 g/mol. The first-order valence-corrected chi connectivity index (χ1v) is 10.9. The highest BCUT2D eigenvalue weighted by atomic mass is 79.9. The van der Waals surface area contributed by atoms with Crippen LogP contribution in [0.15, 0.2) is 52.0 Å². The molecule has 0 aromatic heterocycles. The fourth-order valence-corrected chi connectivity index (χ4v) is 3.49. The van der Waals surface area contributed by atoms with Gasteiger partial charge in [-0.25, -0.2) is 13.8 Å². The Hall–Kier alpha value is -1.90. The van der Waals surface area contributed by atoms with Crippen LogP contribution < -0.4 is 9.73 Å². The van der Waals surface area contributed by atoms with Gasteiger partial charge in [-0.2, -0.15) is 5.10 Å². The first-order chi connectivity index (χ1) is 12.6. The van der Waals surface area contributed by atoms with E-state index in [2.05, 4.69) is 26.5 Å². The second-order valence-corrected chi connectivity index (χ2v) is 9.17. The van der Waals surface area contributed by atoms with Crippen molar-refractivity contribution in [3.05, 3.63) is 63.1 Å². The minimum Gasteiger partial charge on any atom is -0.271 e. The number of rotatable bonds is 6. The van der Waals surface area contributed by atoms with Gasteiger partial charge in [0, 0.05) is 9.50 Å². The Morgan fingerprint density at radius 2 is 1.85 bits per heavy atom. The molecule has 2 aromatic rings. The number of carbonyl (C=O) groups excluding carboxylic acids is 1. The molecule has 2 rings (SSSR count). The monoisotopic (exact) mass is 471 g/mol. The van der Waals surface area contributed by atoms with Crippen LogP contribution in [0.3, 0.4) is 0 Å². The fraction of sp³-hybridized carbons (Fsp3) is 0.222. The van der Waals surface area contributed by atoms with Crippen molar-refractivity contribution in [1.29, 1.82) is 0 Å². The largest absolute Gasteiger partial charge is 0.271 e. The fourth-order valence-electron chi connectivity index (χ4n) is 2.20. The smallest absolute Gasteiger partial charge is 0.260 e. The molecule has 0 atom stereocenters. The number of hydrogen-bond acceptors (Lipinski definition) is 4. The van der Waals surface area contributed by atoms with E-state index in [1.165, 1.54) is 6.07 Å². The van der Waals surface area contributed by atoms with Crippen LogP contribution in [0.2, 0.25) is 5.02 Å². The zero-order valence-electron chi connectivity index (χ0n) is 15.0. The molecule has 0 fully saturated rings. The third kappa shape index (κ3) is 6.05. The van der Waals surface area contributed by atoms with Gasteiger partial charge in [-0.3, -0.25) is 9.10 Å². The summed E-state index contributed by atoms with van der Waals surface area (Å²) in [5.41, 5.74) is 4.96. The summed E-state index contributed by atoms with van der Waals surface area (Å²) in [4.78, 5) is 12.3. The van der Waals surface area contributed by atoms with Crippen molar-refractivity contribution in [2.24, 2.45) is 5.10 Å².